The molecule has 0 fully saturated rings. The lowest BCUT2D eigenvalue weighted by molar-refractivity contribution is 0.964. The summed E-state index contributed by atoms with van der Waals surface area (Å²) in [5.41, 5.74) is 14.8. The van der Waals surface area contributed by atoms with Crippen LogP contribution in [-0.2, 0) is 0 Å². The summed E-state index contributed by atoms with van der Waals surface area (Å²) in [6.45, 7) is 4.10. The van der Waals surface area contributed by atoms with Gasteiger partial charge in [-0.1, -0.05) is 0 Å². The Balaban J connectivity index is 2.41. The minimum atomic E-state index is -0.0484. The second-order valence-electron chi connectivity index (χ2n) is 4.41. The third-order valence-electron chi connectivity index (χ3n) is 2.93. The van der Waals surface area contributed by atoms with E-state index in [2.05, 4.69) is 74.6 Å². The van der Waals surface area contributed by atoms with E-state index in [1.807, 2.05) is 6.92 Å². The maximum absolute atomic E-state index is 5.24. The van der Waals surface area contributed by atoms with Crippen LogP contribution in [0.5, 0.6) is 0 Å². The molecular formula is C14H16IN5. The van der Waals surface area contributed by atoms with Crippen molar-refractivity contribution in [2.75, 3.05) is 0 Å². The summed E-state index contributed by atoms with van der Waals surface area (Å²) in [6.07, 6.45) is 1.66. The van der Waals surface area contributed by atoms with Gasteiger partial charge in [-0.05, 0) is 66.8 Å². The highest BCUT2D eigenvalue weighted by molar-refractivity contribution is 14.1. The third-order valence-corrected chi connectivity index (χ3v) is 3.64. The van der Waals surface area contributed by atoms with Crippen LogP contribution in [0.25, 0.3) is 5.69 Å². The molecule has 4 N–H and O–H groups in total. The number of rotatable bonds is 3. The van der Waals surface area contributed by atoms with Gasteiger partial charge in [0.15, 0.2) is 0 Å². The lowest BCUT2D eigenvalue weighted by Crippen LogP contribution is -2.21. The number of nitrogens with zero attached hydrogens (tertiary/aromatic N) is 3. The maximum atomic E-state index is 5.24. The van der Waals surface area contributed by atoms with Crippen LogP contribution in [0.4, 0.5) is 0 Å². The van der Waals surface area contributed by atoms with Crippen molar-refractivity contribution in [1.82, 2.24) is 4.57 Å². The van der Waals surface area contributed by atoms with Gasteiger partial charge in [0.25, 0.3) is 0 Å². The quantitative estimate of drug-likeness (QED) is 0.370. The SMILES string of the molecule is Cc1cc(/C=N/N=C(N)N)c(C)n1-c1ccc(I)cc1. The second kappa shape index (κ2) is 6.08. The highest BCUT2D eigenvalue weighted by Gasteiger charge is 2.09. The lowest BCUT2D eigenvalue weighted by atomic mass is 10.2. The predicted molar refractivity (Wildman–Crippen MR) is 91.4 cm³/mol. The Hall–Kier alpha value is -1.83. The number of aromatic nitrogens is 1. The Labute approximate surface area is 131 Å². The van der Waals surface area contributed by atoms with Gasteiger partial charge in [-0.2, -0.15) is 5.10 Å². The Kier molecular flexibility index (Phi) is 4.43. The molecule has 1 aromatic carbocycles. The van der Waals surface area contributed by atoms with Crippen molar-refractivity contribution >= 4 is 34.8 Å². The molecule has 6 heteroatoms. The van der Waals surface area contributed by atoms with Gasteiger partial charge < -0.3 is 16.0 Å². The molecule has 0 unspecified atom stereocenters. The molecule has 0 aliphatic heterocycles. The van der Waals surface area contributed by atoms with Crippen molar-refractivity contribution in [2.45, 2.75) is 13.8 Å². The third kappa shape index (κ3) is 3.19. The fourth-order valence-electron chi connectivity index (χ4n) is 2.06. The van der Waals surface area contributed by atoms with E-state index in [-0.39, 0.29) is 5.96 Å². The predicted octanol–water partition coefficient (Wildman–Crippen LogP) is 2.31. The van der Waals surface area contributed by atoms with Crippen LogP contribution in [0.3, 0.4) is 0 Å². The smallest absolute Gasteiger partial charge is 0.211 e. The maximum Gasteiger partial charge on any atom is 0.211 e. The summed E-state index contributed by atoms with van der Waals surface area (Å²) in [5.74, 6) is -0.0484. The van der Waals surface area contributed by atoms with E-state index >= 15 is 0 Å². The average molecular weight is 381 g/mol. The molecular weight excluding hydrogens is 365 g/mol. The molecule has 0 saturated heterocycles. The first-order chi connectivity index (χ1) is 9.49. The van der Waals surface area contributed by atoms with Crippen LogP contribution in [0.15, 0.2) is 40.5 Å². The minimum Gasteiger partial charge on any atom is -0.369 e. The van der Waals surface area contributed by atoms with Crippen molar-refractivity contribution in [3.8, 4) is 5.69 Å². The summed E-state index contributed by atoms with van der Waals surface area (Å²) >= 11 is 2.29. The van der Waals surface area contributed by atoms with Gasteiger partial charge >= 0.3 is 0 Å². The fraction of sp³-hybridized carbons (Fsp3) is 0.143. The molecule has 2 aromatic rings. The zero-order valence-electron chi connectivity index (χ0n) is 11.3. The average Bonchev–Trinajstić information content (AvgIpc) is 2.66. The van der Waals surface area contributed by atoms with E-state index in [9.17, 15) is 0 Å². The Morgan fingerprint density at radius 1 is 1.20 bits per heavy atom. The molecule has 0 amide bonds. The molecule has 20 heavy (non-hydrogen) atoms. The molecule has 0 saturated carbocycles. The van der Waals surface area contributed by atoms with E-state index in [0.717, 1.165) is 22.6 Å². The first-order valence-corrected chi connectivity index (χ1v) is 7.14. The summed E-state index contributed by atoms with van der Waals surface area (Å²) in [7, 11) is 0. The summed E-state index contributed by atoms with van der Waals surface area (Å²) in [6, 6.07) is 10.4. The molecule has 0 atom stereocenters. The zero-order chi connectivity index (χ0) is 14.7. The standard InChI is InChI=1S/C14H16IN5/c1-9-7-11(8-18-19-14(16)17)10(2)20(9)13-5-3-12(15)4-6-13/h3-8H,1-2H3,(H4,16,17,19)/b18-8+. The van der Waals surface area contributed by atoms with Gasteiger partial charge in [0, 0.05) is 26.2 Å². The number of hydrogen-bond acceptors (Lipinski definition) is 2. The van der Waals surface area contributed by atoms with Crippen LogP contribution in [0, 0.1) is 17.4 Å². The zero-order valence-corrected chi connectivity index (χ0v) is 13.5. The molecule has 0 radical (unpaired) electrons. The molecule has 5 nitrogen and oxygen atoms in total. The van der Waals surface area contributed by atoms with Gasteiger partial charge in [-0.3, -0.25) is 0 Å². The van der Waals surface area contributed by atoms with Crippen molar-refractivity contribution in [2.24, 2.45) is 21.7 Å². The molecule has 0 aliphatic rings. The van der Waals surface area contributed by atoms with E-state index in [0.29, 0.717) is 0 Å². The van der Waals surface area contributed by atoms with Crippen LogP contribution in [-0.4, -0.2) is 16.7 Å². The molecule has 2 rings (SSSR count). The molecule has 0 bridgehead atoms. The fourth-order valence-corrected chi connectivity index (χ4v) is 2.42. The number of benzene rings is 1. The van der Waals surface area contributed by atoms with Gasteiger partial charge in [0.1, 0.15) is 0 Å². The second-order valence-corrected chi connectivity index (χ2v) is 5.65. The highest BCUT2D eigenvalue weighted by Crippen LogP contribution is 2.20. The normalized spacial score (nSPS) is 10.9. The van der Waals surface area contributed by atoms with Crippen molar-refractivity contribution in [3.63, 3.8) is 0 Å². The van der Waals surface area contributed by atoms with E-state index in [4.69, 9.17) is 11.5 Å². The van der Waals surface area contributed by atoms with E-state index < -0.39 is 0 Å². The summed E-state index contributed by atoms with van der Waals surface area (Å²) in [4.78, 5) is 0. The van der Waals surface area contributed by atoms with Crippen LogP contribution < -0.4 is 11.5 Å². The molecule has 0 spiro atoms. The topological polar surface area (TPSA) is 81.7 Å². The van der Waals surface area contributed by atoms with Gasteiger partial charge in [-0.25, -0.2) is 0 Å². The van der Waals surface area contributed by atoms with Gasteiger partial charge in [0.2, 0.25) is 5.96 Å². The Bertz CT molecular complexity index is 664. The largest absolute Gasteiger partial charge is 0.369 e. The summed E-state index contributed by atoms with van der Waals surface area (Å²) in [5, 5.41) is 7.48. The Morgan fingerprint density at radius 2 is 1.85 bits per heavy atom. The number of hydrogen-bond donors (Lipinski definition) is 2. The van der Waals surface area contributed by atoms with Crippen LogP contribution in [0.1, 0.15) is 17.0 Å². The molecule has 0 aliphatic carbocycles. The highest BCUT2D eigenvalue weighted by atomic mass is 127. The van der Waals surface area contributed by atoms with Crippen LogP contribution >= 0.6 is 22.6 Å². The van der Waals surface area contributed by atoms with Gasteiger partial charge in [-0.15, -0.1) is 5.10 Å². The molecule has 1 aromatic heterocycles. The number of nitrogens with two attached hydrogens (primary N) is 2. The van der Waals surface area contributed by atoms with Gasteiger partial charge in [0.05, 0.1) is 6.21 Å². The first kappa shape index (κ1) is 14.6. The van der Waals surface area contributed by atoms with Crippen LogP contribution in [0.2, 0.25) is 0 Å². The first-order valence-electron chi connectivity index (χ1n) is 6.06. The number of halogens is 1. The van der Waals surface area contributed by atoms with Crippen molar-refractivity contribution in [3.05, 3.63) is 50.9 Å². The Morgan fingerprint density at radius 3 is 2.45 bits per heavy atom. The van der Waals surface area contributed by atoms with E-state index in [1.165, 1.54) is 3.57 Å². The van der Waals surface area contributed by atoms with E-state index in [1.54, 1.807) is 6.21 Å². The lowest BCUT2D eigenvalue weighted by Gasteiger charge is -2.09. The van der Waals surface area contributed by atoms with Crippen molar-refractivity contribution < 1.29 is 0 Å². The minimum absolute atomic E-state index is 0.0484. The number of guanidine groups is 1. The number of aryl methyl sites for hydroxylation is 1. The monoisotopic (exact) mass is 381 g/mol. The summed E-state index contributed by atoms with van der Waals surface area (Å²) < 4.78 is 3.39. The van der Waals surface area contributed by atoms with Crippen molar-refractivity contribution in [1.29, 1.82) is 0 Å². The molecule has 1 heterocycles. The molecule has 104 valence electrons.